The van der Waals surface area contributed by atoms with Crippen molar-refractivity contribution in [3.8, 4) is 17.1 Å². The summed E-state index contributed by atoms with van der Waals surface area (Å²) in [6.45, 7) is 4.50. The summed E-state index contributed by atoms with van der Waals surface area (Å²) >= 11 is 0. The number of piperidine rings is 1. The summed E-state index contributed by atoms with van der Waals surface area (Å²) in [4.78, 5) is 6.86. The van der Waals surface area contributed by atoms with Gasteiger partial charge in [0.25, 0.3) is 0 Å². The quantitative estimate of drug-likeness (QED) is 0.841. The molecule has 1 atom stereocenters. The fourth-order valence-corrected chi connectivity index (χ4v) is 3.22. The highest BCUT2D eigenvalue weighted by Crippen LogP contribution is 2.23. The summed E-state index contributed by atoms with van der Waals surface area (Å²) in [5.41, 5.74) is 0.916. The molecule has 1 fully saturated rings. The number of aromatic nitrogens is 2. The van der Waals surface area contributed by atoms with Crippen molar-refractivity contribution in [3.63, 3.8) is 0 Å². The Morgan fingerprint density at radius 1 is 1.29 bits per heavy atom. The predicted molar refractivity (Wildman–Crippen MR) is 90.7 cm³/mol. The van der Waals surface area contributed by atoms with Crippen molar-refractivity contribution in [2.24, 2.45) is 0 Å². The highest BCUT2D eigenvalue weighted by molar-refractivity contribution is 5.55. The molecule has 1 unspecified atom stereocenters. The number of likely N-dealkylation sites (tertiary alicyclic amines) is 1. The van der Waals surface area contributed by atoms with Gasteiger partial charge in [0.05, 0.1) is 13.2 Å². The SMILES string of the molecule is CCOc1ccc(-c2noc(CN3CCCCC3CCO)n2)cc1. The molecule has 130 valence electrons. The minimum Gasteiger partial charge on any atom is -0.494 e. The fourth-order valence-electron chi connectivity index (χ4n) is 3.22. The third-order valence-corrected chi connectivity index (χ3v) is 4.44. The molecule has 2 heterocycles. The van der Waals surface area contributed by atoms with Gasteiger partial charge in [-0.1, -0.05) is 11.6 Å². The number of aliphatic hydroxyl groups is 1. The zero-order valence-corrected chi connectivity index (χ0v) is 14.1. The molecular formula is C18H25N3O3. The number of rotatable bonds is 7. The summed E-state index contributed by atoms with van der Waals surface area (Å²) in [7, 11) is 0. The second kappa shape index (κ2) is 8.26. The van der Waals surface area contributed by atoms with E-state index in [0.29, 0.717) is 30.9 Å². The maximum Gasteiger partial charge on any atom is 0.241 e. The van der Waals surface area contributed by atoms with Crippen LogP contribution in [0.2, 0.25) is 0 Å². The second-order valence-electron chi connectivity index (χ2n) is 6.10. The van der Waals surface area contributed by atoms with Gasteiger partial charge in [0.15, 0.2) is 0 Å². The van der Waals surface area contributed by atoms with E-state index >= 15 is 0 Å². The van der Waals surface area contributed by atoms with Gasteiger partial charge < -0.3 is 14.4 Å². The van der Waals surface area contributed by atoms with E-state index in [2.05, 4.69) is 15.0 Å². The number of hydrogen-bond donors (Lipinski definition) is 1. The Balaban J connectivity index is 1.66. The molecule has 24 heavy (non-hydrogen) atoms. The fraction of sp³-hybridized carbons (Fsp3) is 0.556. The van der Waals surface area contributed by atoms with Gasteiger partial charge in [0.1, 0.15) is 5.75 Å². The van der Waals surface area contributed by atoms with Gasteiger partial charge >= 0.3 is 0 Å². The Hall–Kier alpha value is -1.92. The van der Waals surface area contributed by atoms with Crippen LogP contribution >= 0.6 is 0 Å². The lowest BCUT2D eigenvalue weighted by molar-refractivity contribution is 0.100. The molecule has 0 bridgehead atoms. The summed E-state index contributed by atoms with van der Waals surface area (Å²) < 4.78 is 10.9. The summed E-state index contributed by atoms with van der Waals surface area (Å²) in [6, 6.07) is 8.11. The Labute approximate surface area is 142 Å². The maximum atomic E-state index is 9.23. The van der Waals surface area contributed by atoms with E-state index < -0.39 is 0 Å². The van der Waals surface area contributed by atoms with Gasteiger partial charge in [-0.15, -0.1) is 0 Å². The molecule has 1 saturated heterocycles. The van der Waals surface area contributed by atoms with Crippen molar-refractivity contribution in [2.45, 2.75) is 45.2 Å². The van der Waals surface area contributed by atoms with Crippen LogP contribution in [0.5, 0.6) is 5.75 Å². The van der Waals surface area contributed by atoms with E-state index in [-0.39, 0.29) is 6.61 Å². The smallest absolute Gasteiger partial charge is 0.241 e. The Morgan fingerprint density at radius 3 is 2.88 bits per heavy atom. The van der Waals surface area contributed by atoms with Crippen LogP contribution in [0.4, 0.5) is 0 Å². The molecule has 0 radical (unpaired) electrons. The highest BCUT2D eigenvalue weighted by atomic mass is 16.5. The lowest BCUT2D eigenvalue weighted by atomic mass is 10.00. The van der Waals surface area contributed by atoms with Crippen molar-refractivity contribution in [1.29, 1.82) is 0 Å². The zero-order chi connectivity index (χ0) is 16.8. The maximum absolute atomic E-state index is 9.23. The minimum absolute atomic E-state index is 0.225. The van der Waals surface area contributed by atoms with Crippen molar-refractivity contribution in [3.05, 3.63) is 30.2 Å². The standard InChI is InChI=1S/C18H25N3O3/c1-2-23-16-8-6-14(7-9-16)18-19-17(24-20-18)13-21-11-4-3-5-15(21)10-12-22/h6-9,15,22H,2-5,10-13H2,1H3. The molecular weight excluding hydrogens is 306 g/mol. The van der Waals surface area contributed by atoms with Crippen molar-refractivity contribution in [1.82, 2.24) is 15.0 Å². The van der Waals surface area contributed by atoms with Gasteiger partial charge in [-0.3, -0.25) is 4.90 Å². The summed E-state index contributed by atoms with van der Waals surface area (Å²) in [6.07, 6.45) is 4.34. The molecule has 2 aromatic rings. The van der Waals surface area contributed by atoms with Gasteiger partial charge in [0, 0.05) is 18.2 Å². The Kier molecular flexibility index (Phi) is 5.82. The predicted octanol–water partition coefficient (Wildman–Crippen LogP) is 2.87. The van der Waals surface area contributed by atoms with Crippen molar-refractivity contribution >= 4 is 0 Å². The number of ether oxygens (including phenoxy) is 1. The van der Waals surface area contributed by atoms with Crippen LogP contribution in [0.3, 0.4) is 0 Å². The van der Waals surface area contributed by atoms with Gasteiger partial charge in [-0.05, 0) is 57.0 Å². The normalized spacial score (nSPS) is 18.7. The van der Waals surface area contributed by atoms with E-state index in [1.54, 1.807) is 0 Å². The molecule has 0 spiro atoms. The first-order valence-electron chi connectivity index (χ1n) is 8.71. The average Bonchev–Trinajstić information content (AvgIpc) is 3.06. The van der Waals surface area contributed by atoms with Crippen LogP contribution < -0.4 is 4.74 Å². The van der Waals surface area contributed by atoms with Crippen molar-refractivity contribution in [2.75, 3.05) is 19.8 Å². The third-order valence-electron chi connectivity index (χ3n) is 4.44. The van der Waals surface area contributed by atoms with Gasteiger partial charge in [-0.2, -0.15) is 4.98 Å². The number of hydrogen-bond acceptors (Lipinski definition) is 6. The van der Waals surface area contributed by atoms with Crippen molar-refractivity contribution < 1.29 is 14.4 Å². The molecule has 1 aliphatic rings. The molecule has 3 rings (SSSR count). The largest absolute Gasteiger partial charge is 0.494 e. The van der Waals surface area contributed by atoms with Crippen LogP contribution in [-0.2, 0) is 6.54 Å². The van der Waals surface area contributed by atoms with E-state index in [4.69, 9.17) is 9.26 Å². The first-order valence-corrected chi connectivity index (χ1v) is 8.71. The highest BCUT2D eigenvalue weighted by Gasteiger charge is 2.24. The molecule has 1 N–H and O–H groups in total. The van der Waals surface area contributed by atoms with Crippen LogP contribution in [-0.4, -0.2) is 45.9 Å². The Bertz CT molecular complexity index is 625. The molecule has 1 aliphatic heterocycles. The van der Waals surface area contributed by atoms with E-state index in [9.17, 15) is 5.11 Å². The monoisotopic (exact) mass is 331 g/mol. The van der Waals surface area contributed by atoms with E-state index in [1.807, 2.05) is 31.2 Å². The van der Waals surface area contributed by atoms with Crippen LogP contribution in [0.1, 0.15) is 38.5 Å². The van der Waals surface area contributed by atoms with Gasteiger partial charge in [0.2, 0.25) is 11.7 Å². The molecule has 6 nitrogen and oxygen atoms in total. The first-order chi connectivity index (χ1) is 11.8. The van der Waals surface area contributed by atoms with Crippen LogP contribution in [0.25, 0.3) is 11.4 Å². The molecule has 0 saturated carbocycles. The topological polar surface area (TPSA) is 71.6 Å². The summed E-state index contributed by atoms with van der Waals surface area (Å²) in [5, 5.41) is 13.3. The number of nitrogens with zero attached hydrogens (tertiary/aromatic N) is 3. The zero-order valence-electron chi connectivity index (χ0n) is 14.1. The van der Waals surface area contributed by atoms with E-state index in [1.165, 1.54) is 12.8 Å². The molecule has 6 heteroatoms. The third kappa shape index (κ3) is 4.13. The molecule has 0 amide bonds. The lowest BCUT2D eigenvalue weighted by Gasteiger charge is -2.34. The number of aliphatic hydroxyl groups excluding tert-OH is 1. The number of benzene rings is 1. The average molecular weight is 331 g/mol. The Morgan fingerprint density at radius 2 is 2.12 bits per heavy atom. The molecule has 1 aromatic heterocycles. The lowest BCUT2D eigenvalue weighted by Crippen LogP contribution is -2.39. The summed E-state index contributed by atoms with van der Waals surface area (Å²) in [5.74, 6) is 2.07. The van der Waals surface area contributed by atoms with E-state index in [0.717, 1.165) is 30.7 Å². The second-order valence-corrected chi connectivity index (χ2v) is 6.10. The molecule has 1 aromatic carbocycles. The van der Waals surface area contributed by atoms with Gasteiger partial charge in [-0.25, -0.2) is 0 Å². The van der Waals surface area contributed by atoms with Crippen LogP contribution in [0, 0.1) is 0 Å². The first kappa shape index (κ1) is 16.9. The molecule has 0 aliphatic carbocycles. The minimum atomic E-state index is 0.225. The van der Waals surface area contributed by atoms with Crippen LogP contribution in [0.15, 0.2) is 28.8 Å².